The zero-order valence-corrected chi connectivity index (χ0v) is 42.8. The zero-order valence-electron chi connectivity index (χ0n) is 42.8. The molecule has 0 saturated carbocycles. The number of carbonyl (C=O) groups is 2. The van der Waals surface area contributed by atoms with Crippen molar-refractivity contribution < 1.29 is 14.3 Å². The topological polar surface area (TPSA) is 56.3 Å². The van der Waals surface area contributed by atoms with E-state index in [0.29, 0.717) is 31.4 Å². The van der Waals surface area contributed by atoms with Gasteiger partial charge in [-0.1, -0.05) is 202 Å². The van der Waals surface area contributed by atoms with Crippen molar-refractivity contribution in [3.63, 3.8) is 0 Å². The lowest BCUT2D eigenvalue weighted by Gasteiger charge is -2.29. The van der Waals surface area contributed by atoms with Crippen LogP contribution in [-0.4, -0.2) is 110 Å². The van der Waals surface area contributed by atoms with E-state index in [4.69, 9.17) is 4.74 Å². The number of carbonyl (C=O) groups excluding carboxylic acids is 2. The molecule has 0 radical (unpaired) electrons. The van der Waals surface area contributed by atoms with E-state index in [0.717, 1.165) is 90.9 Å². The van der Waals surface area contributed by atoms with Crippen molar-refractivity contribution in [2.75, 3.05) is 78.6 Å². The molecule has 1 fully saturated rings. The van der Waals surface area contributed by atoms with Crippen molar-refractivity contribution in [2.24, 2.45) is 5.92 Å². The molecule has 0 aromatic carbocycles. The monoisotopic (exact) mass is 875 g/mol. The molecular formula is C55H110N4O3. The second-order valence-corrected chi connectivity index (χ2v) is 19.8. The van der Waals surface area contributed by atoms with Gasteiger partial charge in [-0.2, -0.15) is 0 Å². The summed E-state index contributed by atoms with van der Waals surface area (Å²) in [5.74, 6) is 0.908. The molecule has 1 unspecified atom stereocenters. The summed E-state index contributed by atoms with van der Waals surface area (Å²) in [5, 5.41) is 0. The maximum Gasteiger partial charge on any atom is 0.305 e. The molecule has 62 heavy (non-hydrogen) atoms. The fourth-order valence-corrected chi connectivity index (χ4v) is 9.40. The van der Waals surface area contributed by atoms with Crippen LogP contribution in [0.2, 0.25) is 0 Å². The molecule has 1 amide bonds. The molecule has 7 heteroatoms. The Morgan fingerprint density at radius 2 is 0.806 bits per heavy atom. The molecule has 0 aliphatic carbocycles. The molecular weight excluding hydrogens is 765 g/mol. The summed E-state index contributed by atoms with van der Waals surface area (Å²) in [6, 6.07) is 0. The van der Waals surface area contributed by atoms with Crippen molar-refractivity contribution in [2.45, 2.75) is 259 Å². The number of hydrogen-bond donors (Lipinski definition) is 0. The minimum absolute atomic E-state index is 0.0306. The fourth-order valence-electron chi connectivity index (χ4n) is 9.40. The molecule has 0 aromatic rings. The van der Waals surface area contributed by atoms with Crippen LogP contribution < -0.4 is 0 Å². The van der Waals surface area contributed by atoms with E-state index >= 15 is 0 Å². The number of likely N-dealkylation sites (tertiary alicyclic amines) is 1. The van der Waals surface area contributed by atoms with Crippen molar-refractivity contribution in [1.29, 1.82) is 0 Å². The highest BCUT2D eigenvalue weighted by Gasteiger charge is 2.27. The molecule has 1 atom stereocenters. The second kappa shape index (κ2) is 45.0. The quantitative estimate of drug-likeness (QED) is 0.0448. The van der Waals surface area contributed by atoms with E-state index in [-0.39, 0.29) is 5.97 Å². The standard InChI is InChI=1S/C55H110N4O3/c1-6-11-16-20-24-28-32-41-56(45-37-38-55(61)62-50-36-15-10-5)46-39-53-40-47-59(51-53)54(60)52-58(44-35-31-27-23-19-14-9-4)49-48-57(42-33-29-25-21-17-12-7-2)43-34-30-26-22-18-13-8-3/h53H,6-52H2,1-5H3. The fraction of sp³-hybridized carbons (Fsp3) is 0.964. The van der Waals surface area contributed by atoms with Gasteiger partial charge in [-0.3, -0.25) is 14.5 Å². The first kappa shape index (κ1) is 58.8. The highest BCUT2D eigenvalue weighted by atomic mass is 16.5. The Hall–Kier alpha value is -1.18. The molecule has 0 bridgehead atoms. The molecule has 0 spiro atoms. The zero-order chi connectivity index (χ0) is 45.0. The number of nitrogens with zero attached hydrogens (tertiary/aromatic N) is 4. The van der Waals surface area contributed by atoms with Gasteiger partial charge in [-0.25, -0.2) is 0 Å². The third-order valence-electron chi connectivity index (χ3n) is 13.8. The number of rotatable bonds is 48. The van der Waals surface area contributed by atoms with Gasteiger partial charge >= 0.3 is 5.97 Å². The molecule has 368 valence electrons. The normalized spacial score (nSPS) is 14.3. The van der Waals surface area contributed by atoms with Crippen LogP contribution in [0.15, 0.2) is 0 Å². The Morgan fingerprint density at radius 1 is 0.435 bits per heavy atom. The van der Waals surface area contributed by atoms with Gasteiger partial charge in [0.1, 0.15) is 0 Å². The van der Waals surface area contributed by atoms with Crippen molar-refractivity contribution >= 4 is 11.9 Å². The van der Waals surface area contributed by atoms with E-state index in [1.165, 1.54) is 193 Å². The lowest BCUT2D eigenvalue weighted by molar-refractivity contribution is -0.144. The van der Waals surface area contributed by atoms with E-state index in [2.05, 4.69) is 54.2 Å². The first-order chi connectivity index (χ1) is 30.5. The van der Waals surface area contributed by atoms with E-state index in [9.17, 15) is 9.59 Å². The first-order valence-electron chi connectivity index (χ1n) is 28.1. The van der Waals surface area contributed by atoms with E-state index in [1.807, 2.05) is 0 Å². The average Bonchev–Trinajstić information content (AvgIpc) is 3.76. The van der Waals surface area contributed by atoms with Gasteiger partial charge in [-0.15, -0.1) is 0 Å². The van der Waals surface area contributed by atoms with Gasteiger partial charge in [0.2, 0.25) is 5.91 Å². The van der Waals surface area contributed by atoms with Gasteiger partial charge in [0.05, 0.1) is 13.2 Å². The Bertz CT molecular complexity index is 947. The van der Waals surface area contributed by atoms with E-state index in [1.54, 1.807) is 0 Å². The Balaban J connectivity index is 2.77. The molecule has 0 aromatic heterocycles. The Labute approximate surface area is 388 Å². The third kappa shape index (κ3) is 36.1. The summed E-state index contributed by atoms with van der Waals surface area (Å²) in [5.41, 5.74) is 0. The van der Waals surface area contributed by atoms with Gasteiger partial charge < -0.3 is 19.4 Å². The van der Waals surface area contributed by atoms with Crippen LogP contribution in [0, 0.1) is 5.92 Å². The van der Waals surface area contributed by atoms with Gasteiger partial charge in [0, 0.05) is 32.6 Å². The maximum absolute atomic E-state index is 14.0. The van der Waals surface area contributed by atoms with Crippen LogP contribution in [0.25, 0.3) is 0 Å². The first-order valence-corrected chi connectivity index (χ1v) is 28.1. The lowest BCUT2D eigenvalue weighted by Crippen LogP contribution is -2.43. The summed E-state index contributed by atoms with van der Waals surface area (Å²) in [4.78, 5) is 36.6. The summed E-state index contributed by atoms with van der Waals surface area (Å²) >= 11 is 0. The summed E-state index contributed by atoms with van der Waals surface area (Å²) < 4.78 is 5.51. The van der Waals surface area contributed by atoms with Crippen molar-refractivity contribution in [3.8, 4) is 0 Å². The Kier molecular flexibility index (Phi) is 42.7. The SMILES string of the molecule is CCCCCCCCCN(CCCC(=O)OCCCCC)CCC1CCN(C(=O)CN(CCCCCCCCC)CCN(CCCCCCCCC)CCCCCCCCC)C1. The number of hydrogen-bond acceptors (Lipinski definition) is 6. The van der Waals surface area contributed by atoms with Crippen LogP contribution in [0.3, 0.4) is 0 Å². The van der Waals surface area contributed by atoms with Crippen LogP contribution in [0.5, 0.6) is 0 Å². The van der Waals surface area contributed by atoms with Gasteiger partial charge in [0.25, 0.3) is 0 Å². The average molecular weight is 876 g/mol. The van der Waals surface area contributed by atoms with Crippen LogP contribution in [-0.2, 0) is 14.3 Å². The van der Waals surface area contributed by atoms with Gasteiger partial charge in [0.15, 0.2) is 0 Å². The highest BCUT2D eigenvalue weighted by Crippen LogP contribution is 2.21. The number of ether oxygens (including phenoxy) is 1. The molecule has 1 aliphatic heterocycles. The number of esters is 1. The van der Waals surface area contributed by atoms with E-state index < -0.39 is 0 Å². The third-order valence-corrected chi connectivity index (χ3v) is 13.8. The molecule has 7 nitrogen and oxygen atoms in total. The second-order valence-electron chi connectivity index (χ2n) is 19.8. The molecule has 0 N–H and O–H groups in total. The summed E-state index contributed by atoms with van der Waals surface area (Å²) in [7, 11) is 0. The Morgan fingerprint density at radius 3 is 1.27 bits per heavy atom. The smallest absolute Gasteiger partial charge is 0.305 e. The molecule has 1 saturated heterocycles. The minimum Gasteiger partial charge on any atom is -0.466 e. The number of unbranched alkanes of at least 4 members (excludes halogenated alkanes) is 26. The van der Waals surface area contributed by atoms with Crippen LogP contribution in [0.4, 0.5) is 0 Å². The number of amides is 1. The maximum atomic E-state index is 14.0. The molecule has 1 rings (SSSR count). The van der Waals surface area contributed by atoms with Crippen molar-refractivity contribution in [1.82, 2.24) is 19.6 Å². The predicted molar refractivity (Wildman–Crippen MR) is 270 cm³/mol. The molecule has 1 heterocycles. The van der Waals surface area contributed by atoms with Crippen molar-refractivity contribution in [3.05, 3.63) is 0 Å². The minimum atomic E-state index is -0.0306. The predicted octanol–water partition coefficient (Wildman–Crippen LogP) is 14.6. The largest absolute Gasteiger partial charge is 0.466 e. The van der Waals surface area contributed by atoms with Crippen LogP contribution >= 0.6 is 0 Å². The summed E-state index contributed by atoms with van der Waals surface area (Å²) in [6.07, 6.45) is 44.5. The van der Waals surface area contributed by atoms with Gasteiger partial charge in [-0.05, 0) is 96.6 Å². The molecule has 1 aliphatic rings. The lowest BCUT2D eigenvalue weighted by atomic mass is 10.0. The van der Waals surface area contributed by atoms with Crippen LogP contribution in [0.1, 0.15) is 259 Å². The highest BCUT2D eigenvalue weighted by molar-refractivity contribution is 5.78. The summed E-state index contributed by atoms with van der Waals surface area (Å²) in [6.45, 7) is 23.2.